The minimum Gasteiger partial charge on any atom is -0.497 e. The maximum absolute atomic E-state index is 14.0. The first-order valence-corrected chi connectivity index (χ1v) is 14.4. The summed E-state index contributed by atoms with van der Waals surface area (Å²) >= 11 is 12.8. The third-order valence-electron chi connectivity index (χ3n) is 6.27. The van der Waals surface area contributed by atoms with Gasteiger partial charge in [-0.1, -0.05) is 53.9 Å². The zero-order valence-electron chi connectivity index (χ0n) is 22.1. The molecular formula is C28H31Cl2N3O5S. The number of methoxy groups -OCH3 is 1. The highest BCUT2D eigenvalue weighted by atomic mass is 35.5. The lowest BCUT2D eigenvalue weighted by Gasteiger charge is -2.33. The number of carbonyl (C=O) groups excluding carboxylic acids is 2. The number of hydrogen-bond acceptors (Lipinski definition) is 5. The Morgan fingerprint density at radius 2 is 1.56 bits per heavy atom. The molecule has 39 heavy (non-hydrogen) atoms. The molecule has 3 aromatic rings. The van der Waals surface area contributed by atoms with Crippen molar-refractivity contribution in [1.82, 2.24) is 10.2 Å². The number of aryl methyl sites for hydroxylation is 1. The van der Waals surface area contributed by atoms with Gasteiger partial charge in [0.2, 0.25) is 11.8 Å². The summed E-state index contributed by atoms with van der Waals surface area (Å²) in [5.41, 5.74) is 1.60. The van der Waals surface area contributed by atoms with Gasteiger partial charge in [-0.25, -0.2) is 8.42 Å². The lowest BCUT2D eigenvalue weighted by Crippen LogP contribution is -2.51. The molecule has 11 heteroatoms. The largest absolute Gasteiger partial charge is 0.497 e. The minimum absolute atomic E-state index is 0.0239. The number of sulfonamides is 1. The quantitative estimate of drug-likeness (QED) is 0.336. The van der Waals surface area contributed by atoms with Gasteiger partial charge in [-0.15, -0.1) is 0 Å². The second-order valence-corrected chi connectivity index (χ2v) is 11.5. The molecule has 8 nitrogen and oxygen atoms in total. The van der Waals surface area contributed by atoms with Crippen molar-refractivity contribution in [3.8, 4) is 5.75 Å². The summed E-state index contributed by atoms with van der Waals surface area (Å²) in [6, 6.07) is 16.7. The van der Waals surface area contributed by atoms with Gasteiger partial charge < -0.3 is 15.0 Å². The van der Waals surface area contributed by atoms with E-state index < -0.39 is 34.4 Å². The molecule has 3 aromatic carbocycles. The fourth-order valence-corrected chi connectivity index (χ4v) is 5.99. The van der Waals surface area contributed by atoms with E-state index in [-0.39, 0.29) is 23.5 Å². The van der Waals surface area contributed by atoms with Crippen LogP contribution in [0.1, 0.15) is 24.5 Å². The van der Waals surface area contributed by atoms with Crippen molar-refractivity contribution in [3.05, 3.63) is 87.9 Å². The van der Waals surface area contributed by atoms with Crippen LogP contribution in [0, 0.1) is 6.92 Å². The van der Waals surface area contributed by atoms with E-state index in [1.807, 2.05) is 6.92 Å². The van der Waals surface area contributed by atoms with Crippen LogP contribution < -0.4 is 14.4 Å². The van der Waals surface area contributed by atoms with Crippen molar-refractivity contribution in [3.63, 3.8) is 0 Å². The van der Waals surface area contributed by atoms with Gasteiger partial charge in [0.25, 0.3) is 10.0 Å². The number of rotatable bonds is 11. The monoisotopic (exact) mass is 591 g/mol. The average Bonchev–Trinajstić information content (AvgIpc) is 2.93. The normalized spacial score (nSPS) is 11.9. The molecule has 0 aromatic heterocycles. The molecule has 0 spiro atoms. The SMILES string of the molecule is CC[C@H](C(=O)NC)N(Cc1c(Cl)cccc1Cl)C(=O)CN(c1ccc(OC)cc1)S(=O)(=O)c1ccc(C)cc1. The maximum atomic E-state index is 14.0. The van der Waals surface area contributed by atoms with Crippen LogP contribution in [0.25, 0.3) is 0 Å². The molecule has 0 unspecified atom stereocenters. The van der Waals surface area contributed by atoms with E-state index in [1.54, 1.807) is 61.5 Å². The lowest BCUT2D eigenvalue weighted by molar-refractivity contribution is -0.140. The Balaban J connectivity index is 2.10. The molecule has 1 N–H and O–H groups in total. The molecule has 1 atom stereocenters. The molecule has 0 aliphatic heterocycles. The predicted molar refractivity (Wildman–Crippen MR) is 154 cm³/mol. The molecule has 0 heterocycles. The molecular weight excluding hydrogens is 561 g/mol. The molecule has 0 saturated carbocycles. The molecule has 0 fully saturated rings. The van der Waals surface area contributed by atoms with Crippen LogP contribution >= 0.6 is 23.2 Å². The van der Waals surface area contributed by atoms with Gasteiger partial charge >= 0.3 is 0 Å². The minimum atomic E-state index is -4.17. The topological polar surface area (TPSA) is 96.0 Å². The van der Waals surface area contributed by atoms with E-state index in [0.29, 0.717) is 21.4 Å². The summed E-state index contributed by atoms with van der Waals surface area (Å²) < 4.78 is 33.9. The van der Waals surface area contributed by atoms with Gasteiger partial charge in [0.1, 0.15) is 18.3 Å². The number of benzene rings is 3. The Labute approximate surface area is 239 Å². The Kier molecular flexibility index (Phi) is 10.2. The first-order chi connectivity index (χ1) is 18.5. The number of nitrogens with zero attached hydrogens (tertiary/aromatic N) is 2. The van der Waals surface area contributed by atoms with Crippen molar-refractivity contribution >= 4 is 50.7 Å². The van der Waals surface area contributed by atoms with Gasteiger partial charge in [-0.05, 0) is 61.9 Å². The molecule has 3 rings (SSSR count). The Bertz CT molecular complexity index is 1390. The third kappa shape index (κ3) is 7.03. The number of likely N-dealkylation sites (N-methyl/N-ethyl adjacent to an activating group) is 1. The van der Waals surface area contributed by atoms with Gasteiger partial charge in [0, 0.05) is 29.2 Å². The van der Waals surface area contributed by atoms with Crippen LogP contribution in [0.3, 0.4) is 0 Å². The summed E-state index contributed by atoms with van der Waals surface area (Å²) in [6.45, 7) is 2.95. The second-order valence-electron chi connectivity index (χ2n) is 8.78. The number of nitrogens with one attached hydrogen (secondary N) is 1. The average molecular weight is 593 g/mol. The van der Waals surface area contributed by atoms with Crippen LogP contribution in [0.15, 0.2) is 71.6 Å². The van der Waals surface area contributed by atoms with Crippen LogP contribution in [-0.4, -0.2) is 51.9 Å². The fraction of sp³-hybridized carbons (Fsp3) is 0.286. The van der Waals surface area contributed by atoms with Gasteiger partial charge in [0.15, 0.2) is 0 Å². The standard InChI is InChI=1S/C28H31Cl2N3O5S/c1-5-26(28(35)31-3)32(17-23-24(29)7-6-8-25(23)30)27(34)18-33(20-11-13-21(38-4)14-12-20)39(36,37)22-15-9-19(2)10-16-22/h6-16,26H,5,17-18H2,1-4H3,(H,31,35)/t26-/m1/s1. The first-order valence-electron chi connectivity index (χ1n) is 12.2. The number of amides is 2. The number of ether oxygens (including phenoxy) is 1. The van der Waals surface area contributed by atoms with Crippen molar-refractivity contribution in [2.45, 2.75) is 37.8 Å². The Hall–Kier alpha value is -3.27. The number of hydrogen-bond donors (Lipinski definition) is 1. The highest BCUT2D eigenvalue weighted by molar-refractivity contribution is 7.92. The van der Waals surface area contributed by atoms with Crippen LogP contribution in [0.5, 0.6) is 5.75 Å². The molecule has 0 aliphatic rings. The van der Waals surface area contributed by atoms with Crippen molar-refractivity contribution < 1.29 is 22.7 Å². The van der Waals surface area contributed by atoms with E-state index in [9.17, 15) is 18.0 Å². The predicted octanol–water partition coefficient (Wildman–Crippen LogP) is 5.06. The zero-order valence-corrected chi connectivity index (χ0v) is 24.5. The van der Waals surface area contributed by atoms with E-state index in [4.69, 9.17) is 27.9 Å². The Morgan fingerprint density at radius 3 is 2.08 bits per heavy atom. The van der Waals surface area contributed by atoms with Gasteiger partial charge in [0.05, 0.1) is 17.7 Å². The summed E-state index contributed by atoms with van der Waals surface area (Å²) in [4.78, 5) is 28.1. The highest BCUT2D eigenvalue weighted by Crippen LogP contribution is 2.29. The van der Waals surface area contributed by atoms with Gasteiger partial charge in [-0.3, -0.25) is 13.9 Å². The number of halogens is 2. The van der Waals surface area contributed by atoms with E-state index in [1.165, 1.54) is 31.2 Å². The molecule has 0 aliphatic carbocycles. The summed E-state index contributed by atoms with van der Waals surface area (Å²) in [7, 11) is -1.20. The van der Waals surface area contributed by atoms with Crippen molar-refractivity contribution in [2.75, 3.05) is 25.0 Å². The van der Waals surface area contributed by atoms with Gasteiger partial charge in [-0.2, -0.15) is 0 Å². The second kappa shape index (κ2) is 13.2. The fourth-order valence-electron chi connectivity index (χ4n) is 4.05. The van der Waals surface area contributed by atoms with Crippen LogP contribution in [-0.2, 0) is 26.2 Å². The number of carbonyl (C=O) groups is 2. The lowest BCUT2D eigenvalue weighted by atomic mass is 10.1. The van der Waals surface area contributed by atoms with Crippen molar-refractivity contribution in [2.24, 2.45) is 0 Å². The van der Waals surface area contributed by atoms with Crippen molar-refractivity contribution in [1.29, 1.82) is 0 Å². The Morgan fingerprint density at radius 1 is 0.974 bits per heavy atom. The van der Waals surface area contributed by atoms with E-state index in [2.05, 4.69) is 5.32 Å². The van der Waals surface area contributed by atoms with E-state index >= 15 is 0 Å². The van der Waals surface area contributed by atoms with E-state index in [0.717, 1.165) is 9.87 Å². The molecule has 0 saturated heterocycles. The molecule has 208 valence electrons. The molecule has 0 radical (unpaired) electrons. The maximum Gasteiger partial charge on any atom is 0.264 e. The zero-order chi connectivity index (χ0) is 28.7. The summed E-state index contributed by atoms with van der Waals surface area (Å²) in [5.74, 6) is -0.474. The first kappa shape index (κ1) is 30.3. The third-order valence-corrected chi connectivity index (χ3v) is 8.77. The number of anilines is 1. The smallest absolute Gasteiger partial charge is 0.264 e. The molecule has 0 bridgehead atoms. The van der Waals surface area contributed by atoms with Crippen LogP contribution in [0.4, 0.5) is 5.69 Å². The summed E-state index contributed by atoms with van der Waals surface area (Å²) in [5, 5.41) is 3.23. The highest BCUT2D eigenvalue weighted by Gasteiger charge is 2.34. The van der Waals surface area contributed by atoms with Crippen LogP contribution in [0.2, 0.25) is 10.0 Å². The summed E-state index contributed by atoms with van der Waals surface area (Å²) in [6.07, 6.45) is 0.279. The molecule has 2 amide bonds.